The van der Waals surface area contributed by atoms with Gasteiger partial charge in [-0.05, 0) is 33.0 Å². The van der Waals surface area contributed by atoms with Crippen molar-refractivity contribution in [3.05, 3.63) is 84.9 Å². The van der Waals surface area contributed by atoms with Crippen LogP contribution in [0.5, 0.6) is 11.5 Å². The van der Waals surface area contributed by atoms with Crippen LogP contribution in [0.3, 0.4) is 0 Å². The van der Waals surface area contributed by atoms with Crippen molar-refractivity contribution in [3.8, 4) is 22.6 Å². The van der Waals surface area contributed by atoms with Gasteiger partial charge in [0.25, 0.3) is 0 Å². The number of aromatic hydroxyl groups is 2. The Hall–Kier alpha value is -3.52. The lowest BCUT2D eigenvalue weighted by Crippen LogP contribution is -1.89. The standard InChI is InChI=1S/C24H16O2/c25-21-14-13-15-7-1-2-8-16(15)22(21)23-19-11-5-3-9-17(19)18-10-4-6-12-20(18)24(23)26/h1-14,25-26H. The fourth-order valence-electron chi connectivity index (χ4n) is 3.90. The maximum absolute atomic E-state index is 11.2. The fourth-order valence-corrected chi connectivity index (χ4v) is 3.90. The largest absolute Gasteiger partial charge is 0.507 e. The van der Waals surface area contributed by atoms with Gasteiger partial charge in [0.1, 0.15) is 11.5 Å². The summed E-state index contributed by atoms with van der Waals surface area (Å²) in [6.07, 6.45) is 0. The van der Waals surface area contributed by atoms with Crippen LogP contribution >= 0.6 is 0 Å². The van der Waals surface area contributed by atoms with Crippen molar-refractivity contribution in [2.24, 2.45) is 0 Å². The molecule has 0 aromatic heterocycles. The van der Waals surface area contributed by atoms with Crippen LogP contribution < -0.4 is 0 Å². The molecular weight excluding hydrogens is 320 g/mol. The number of fused-ring (bicyclic) bond motifs is 4. The van der Waals surface area contributed by atoms with Crippen LogP contribution in [0.15, 0.2) is 84.9 Å². The minimum absolute atomic E-state index is 0.166. The minimum Gasteiger partial charge on any atom is -0.507 e. The molecule has 26 heavy (non-hydrogen) atoms. The highest BCUT2D eigenvalue weighted by Crippen LogP contribution is 2.48. The van der Waals surface area contributed by atoms with Crippen LogP contribution in [-0.4, -0.2) is 10.2 Å². The summed E-state index contributed by atoms with van der Waals surface area (Å²) in [4.78, 5) is 0. The molecule has 2 N–H and O–H groups in total. The molecule has 2 nitrogen and oxygen atoms in total. The molecule has 0 fully saturated rings. The highest BCUT2D eigenvalue weighted by atomic mass is 16.3. The van der Waals surface area contributed by atoms with E-state index >= 15 is 0 Å². The van der Waals surface area contributed by atoms with Crippen molar-refractivity contribution in [1.29, 1.82) is 0 Å². The van der Waals surface area contributed by atoms with E-state index in [4.69, 9.17) is 0 Å². The lowest BCUT2D eigenvalue weighted by Gasteiger charge is -2.16. The number of hydrogen-bond acceptors (Lipinski definition) is 2. The zero-order valence-electron chi connectivity index (χ0n) is 14.0. The first-order valence-electron chi connectivity index (χ1n) is 8.59. The van der Waals surface area contributed by atoms with E-state index in [1.807, 2.05) is 72.8 Å². The third-order valence-electron chi connectivity index (χ3n) is 5.06. The van der Waals surface area contributed by atoms with E-state index in [1.54, 1.807) is 6.07 Å². The second kappa shape index (κ2) is 5.50. The zero-order valence-corrected chi connectivity index (χ0v) is 14.0. The highest BCUT2D eigenvalue weighted by Gasteiger charge is 2.19. The number of phenolic OH excluding ortho intramolecular Hbond substituents is 2. The third kappa shape index (κ3) is 1.99. The van der Waals surface area contributed by atoms with Crippen molar-refractivity contribution in [3.63, 3.8) is 0 Å². The van der Waals surface area contributed by atoms with Crippen LogP contribution in [0.4, 0.5) is 0 Å². The molecule has 0 bridgehead atoms. The first-order chi connectivity index (χ1) is 12.8. The molecule has 0 aliphatic heterocycles. The number of phenols is 2. The molecule has 5 aromatic rings. The molecule has 0 saturated carbocycles. The molecule has 0 heterocycles. The van der Waals surface area contributed by atoms with Gasteiger partial charge in [0.05, 0.1) is 0 Å². The van der Waals surface area contributed by atoms with Gasteiger partial charge in [-0.25, -0.2) is 0 Å². The van der Waals surface area contributed by atoms with E-state index in [-0.39, 0.29) is 11.5 Å². The molecule has 0 aliphatic rings. The van der Waals surface area contributed by atoms with Crippen LogP contribution in [-0.2, 0) is 0 Å². The van der Waals surface area contributed by atoms with Crippen molar-refractivity contribution in [2.75, 3.05) is 0 Å². The maximum Gasteiger partial charge on any atom is 0.132 e. The Kier molecular flexibility index (Phi) is 3.13. The fraction of sp³-hybridized carbons (Fsp3) is 0. The topological polar surface area (TPSA) is 40.5 Å². The summed E-state index contributed by atoms with van der Waals surface area (Å²) in [5.41, 5.74) is 1.34. The van der Waals surface area contributed by atoms with E-state index in [9.17, 15) is 10.2 Å². The third-order valence-corrected chi connectivity index (χ3v) is 5.06. The van der Waals surface area contributed by atoms with Crippen LogP contribution in [0.2, 0.25) is 0 Å². The van der Waals surface area contributed by atoms with Gasteiger partial charge in [-0.15, -0.1) is 0 Å². The van der Waals surface area contributed by atoms with Crippen LogP contribution in [0.25, 0.3) is 43.4 Å². The summed E-state index contributed by atoms with van der Waals surface area (Å²) in [6, 6.07) is 27.4. The summed E-state index contributed by atoms with van der Waals surface area (Å²) in [7, 11) is 0. The van der Waals surface area contributed by atoms with Crippen molar-refractivity contribution in [1.82, 2.24) is 0 Å². The van der Waals surface area contributed by atoms with E-state index in [2.05, 4.69) is 6.07 Å². The number of rotatable bonds is 1. The molecular formula is C24H16O2. The summed E-state index contributed by atoms with van der Waals surface area (Å²) >= 11 is 0. The zero-order chi connectivity index (χ0) is 17.7. The molecule has 0 radical (unpaired) electrons. The van der Waals surface area contributed by atoms with Gasteiger partial charge < -0.3 is 10.2 Å². The summed E-state index contributed by atoms with van der Waals surface area (Å²) in [5.74, 6) is 0.366. The van der Waals surface area contributed by atoms with Crippen molar-refractivity contribution >= 4 is 32.3 Å². The molecule has 5 aromatic carbocycles. The molecule has 5 rings (SSSR count). The Morgan fingerprint density at radius 3 is 1.69 bits per heavy atom. The van der Waals surface area contributed by atoms with Gasteiger partial charge in [0, 0.05) is 16.5 Å². The first-order valence-corrected chi connectivity index (χ1v) is 8.59. The molecule has 0 saturated heterocycles. The molecule has 124 valence electrons. The number of benzene rings is 5. The average Bonchev–Trinajstić information content (AvgIpc) is 2.70. The maximum atomic E-state index is 11.2. The molecule has 0 atom stereocenters. The van der Waals surface area contributed by atoms with E-state index < -0.39 is 0 Å². The number of hydrogen-bond donors (Lipinski definition) is 2. The summed E-state index contributed by atoms with van der Waals surface area (Å²) in [5, 5.41) is 27.6. The van der Waals surface area contributed by atoms with E-state index in [1.165, 1.54) is 0 Å². The lowest BCUT2D eigenvalue weighted by atomic mass is 9.89. The minimum atomic E-state index is 0.166. The Morgan fingerprint density at radius 2 is 0.962 bits per heavy atom. The summed E-state index contributed by atoms with van der Waals surface area (Å²) in [6.45, 7) is 0. The van der Waals surface area contributed by atoms with Crippen molar-refractivity contribution < 1.29 is 10.2 Å². The van der Waals surface area contributed by atoms with E-state index in [0.29, 0.717) is 11.1 Å². The highest BCUT2D eigenvalue weighted by molar-refractivity contribution is 6.20. The van der Waals surface area contributed by atoms with Crippen LogP contribution in [0, 0.1) is 0 Å². The van der Waals surface area contributed by atoms with Gasteiger partial charge >= 0.3 is 0 Å². The van der Waals surface area contributed by atoms with Gasteiger partial charge in [0.2, 0.25) is 0 Å². The van der Waals surface area contributed by atoms with Gasteiger partial charge in [0.15, 0.2) is 0 Å². The monoisotopic (exact) mass is 336 g/mol. The Labute approximate surface area is 150 Å². The second-order valence-corrected chi connectivity index (χ2v) is 6.50. The lowest BCUT2D eigenvalue weighted by molar-refractivity contribution is 0.473. The van der Waals surface area contributed by atoms with Gasteiger partial charge in [-0.2, -0.15) is 0 Å². The average molecular weight is 336 g/mol. The Morgan fingerprint density at radius 1 is 0.423 bits per heavy atom. The quantitative estimate of drug-likeness (QED) is 0.356. The van der Waals surface area contributed by atoms with Gasteiger partial charge in [-0.3, -0.25) is 0 Å². The molecule has 0 spiro atoms. The SMILES string of the molecule is Oc1ccc2ccccc2c1-c1c(O)c2ccccc2c2ccccc12. The predicted molar refractivity (Wildman–Crippen MR) is 108 cm³/mol. The second-order valence-electron chi connectivity index (χ2n) is 6.50. The molecule has 0 unspecified atom stereocenters. The normalized spacial score (nSPS) is 11.4. The van der Waals surface area contributed by atoms with Crippen LogP contribution in [0.1, 0.15) is 0 Å². The Balaban J connectivity index is 2.06. The summed E-state index contributed by atoms with van der Waals surface area (Å²) < 4.78 is 0. The van der Waals surface area contributed by atoms with Gasteiger partial charge in [-0.1, -0.05) is 78.9 Å². The smallest absolute Gasteiger partial charge is 0.132 e. The van der Waals surface area contributed by atoms with E-state index in [0.717, 1.165) is 32.3 Å². The first kappa shape index (κ1) is 14.8. The molecule has 2 heteroatoms. The Bertz CT molecular complexity index is 1300. The molecule has 0 amide bonds. The van der Waals surface area contributed by atoms with Crippen molar-refractivity contribution in [2.45, 2.75) is 0 Å². The predicted octanol–water partition coefficient (Wildman–Crippen LogP) is 6.22. The molecule has 0 aliphatic carbocycles.